The maximum atomic E-state index is 14.4. The van der Waals surface area contributed by atoms with Crippen molar-refractivity contribution in [2.45, 2.75) is 37.4 Å². The van der Waals surface area contributed by atoms with Crippen LogP contribution in [-0.4, -0.2) is 56.1 Å². The van der Waals surface area contributed by atoms with E-state index in [-0.39, 0.29) is 13.2 Å². The average molecular weight is 434 g/mol. The molecule has 0 aromatic heterocycles. The molecule has 0 radical (unpaired) electrons. The molecule has 2 aliphatic rings. The van der Waals surface area contributed by atoms with E-state index in [9.17, 15) is 31.9 Å². The molecule has 0 unspecified atom stereocenters. The topological polar surface area (TPSA) is 94.2 Å². The second-order valence-corrected chi connectivity index (χ2v) is 6.58. The Labute approximate surface area is 168 Å². The molecule has 30 heavy (non-hydrogen) atoms. The third-order valence-electron chi connectivity index (χ3n) is 4.87. The summed E-state index contributed by atoms with van der Waals surface area (Å²) in [5, 5.41) is 1.79. The van der Waals surface area contributed by atoms with Crippen molar-refractivity contribution in [2.75, 3.05) is 25.2 Å². The highest BCUT2D eigenvalue weighted by Gasteiger charge is 2.77. The lowest BCUT2D eigenvalue weighted by atomic mass is 9.87. The van der Waals surface area contributed by atoms with Crippen molar-refractivity contribution < 1.29 is 46.2 Å². The molecule has 8 nitrogen and oxygen atoms in total. The molecule has 1 aromatic rings. The zero-order chi connectivity index (χ0) is 22.5. The number of benzene rings is 1. The largest absolute Gasteiger partial charge is 0.462 e. The van der Waals surface area contributed by atoms with Crippen molar-refractivity contribution in [1.29, 1.82) is 0 Å². The smallest absolute Gasteiger partial charge is 0.407 e. The number of hydrogen-bond donors (Lipinski definition) is 1. The monoisotopic (exact) mass is 434 g/mol. The number of para-hydroxylation sites is 1. The number of likely N-dealkylation sites (N-methyl/N-ethyl adjacent to an activating group) is 1. The van der Waals surface area contributed by atoms with Gasteiger partial charge < -0.3 is 19.1 Å². The van der Waals surface area contributed by atoms with Gasteiger partial charge >= 0.3 is 23.8 Å². The van der Waals surface area contributed by atoms with Gasteiger partial charge in [-0.3, -0.25) is 10.1 Å². The third-order valence-corrected chi connectivity index (χ3v) is 4.87. The van der Waals surface area contributed by atoms with Crippen molar-refractivity contribution in [3.05, 3.63) is 29.6 Å². The fourth-order valence-electron chi connectivity index (χ4n) is 3.70. The summed E-state index contributed by atoms with van der Waals surface area (Å²) in [7, 11) is 1.06. The Hall–Kier alpha value is -2.73. The summed E-state index contributed by atoms with van der Waals surface area (Å²) >= 11 is 0. The molecule has 1 spiro atoms. The number of rotatable bonds is 4. The lowest BCUT2D eigenvalue weighted by molar-refractivity contribution is -0.207. The quantitative estimate of drug-likeness (QED) is 0.435. The summed E-state index contributed by atoms with van der Waals surface area (Å²) in [4.78, 5) is 38.9. The van der Waals surface area contributed by atoms with Crippen molar-refractivity contribution >= 4 is 23.5 Å². The van der Waals surface area contributed by atoms with Crippen LogP contribution in [0, 0.1) is 5.82 Å². The molecular formula is C18H18F4N2O6. The summed E-state index contributed by atoms with van der Waals surface area (Å²) in [5.41, 5.74) is -6.98. The molecule has 1 N–H and O–H groups in total. The predicted octanol–water partition coefficient (Wildman–Crippen LogP) is 1.37. The first kappa shape index (κ1) is 22.0. The predicted molar refractivity (Wildman–Crippen MR) is 91.5 cm³/mol. The van der Waals surface area contributed by atoms with Crippen molar-refractivity contribution in [3.63, 3.8) is 0 Å². The fraction of sp³-hybridized carbons (Fsp3) is 0.500. The van der Waals surface area contributed by atoms with Gasteiger partial charge in [-0.2, -0.15) is 13.2 Å². The molecule has 0 saturated carbocycles. The Morgan fingerprint density at radius 2 is 1.77 bits per heavy atom. The molecule has 164 valence electrons. The first-order chi connectivity index (χ1) is 14.0. The van der Waals surface area contributed by atoms with Gasteiger partial charge in [0.2, 0.25) is 5.60 Å². The summed E-state index contributed by atoms with van der Waals surface area (Å²) < 4.78 is 71.5. The highest BCUT2D eigenvalue weighted by Crippen LogP contribution is 2.54. The van der Waals surface area contributed by atoms with E-state index >= 15 is 0 Å². The van der Waals surface area contributed by atoms with Crippen LogP contribution in [0.3, 0.4) is 0 Å². The third kappa shape index (κ3) is 2.85. The molecule has 2 heterocycles. The molecule has 2 atom stereocenters. The highest BCUT2D eigenvalue weighted by molar-refractivity contribution is 6.10. The van der Waals surface area contributed by atoms with Crippen LogP contribution in [0.25, 0.3) is 0 Å². The van der Waals surface area contributed by atoms with Gasteiger partial charge in [0.1, 0.15) is 11.9 Å². The molecule has 1 aromatic carbocycles. The van der Waals surface area contributed by atoms with E-state index in [1.54, 1.807) is 5.32 Å². The van der Waals surface area contributed by atoms with E-state index in [1.165, 1.54) is 13.8 Å². The molecule has 3 rings (SSSR count). The first-order valence-electron chi connectivity index (χ1n) is 8.93. The van der Waals surface area contributed by atoms with Crippen LogP contribution < -0.4 is 10.2 Å². The van der Waals surface area contributed by atoms with Crippen LogP contribution in [0.4, 0.5) is 23.2 Å². The maximum absolute atomic E-state index is 14.4. The van der Waals surface area contributed by atoms with E-state index in [1.807, 2.05) is 0 Å². The Morgan fingerprint density at radius 1 is 1.20 bits per heavy atom. The van der Waals surface area contributed by atoms with Gasteiger partial charge in [-0.25, -0.2) is 14.0 Å². The number of anilines is 1. The Kier molecular flexibility index (Phi) is 5.27. The number of carbonyl (C=O) groups excluding carboxylic acids is 3. The molecule has 12 heteroatoms. The average Bonchev–Trinajstić information content (AvgIpc) is 3.15. The summed E-state index contributed by atoms with van der Waals surface area (Å²) in [6.45, 7) is 2.13. The number of nitrogens with zero attached hydrogens (tertiary/aromatic N) is 1. The van der Waals surface area contributed by atoms with E-state index in [0.29, 0.717) is 4.90 Å². The molecule has 1 saturated heterocycles. The van der Waals surface area contributed by atoms with E-state index in [0.717, 1.165) is 25.2 Å². The number of fused-ring (bicyclic) bond motifs is 2. The molecule has 0 bridgehead atoms. The highest BCUT2D eigenvalue weighted by atomic mass is 19.4. The zero-order valence-electron chi connectivity index (χ0n) is 16.1. The number of amides is 1. The van der Waals surface area contributed by atoms with Crippen LogP contribution in [0.1, 0.15) is 19.4 Å². The SMILES string of the molecule is CCOC(=O)C1(C(=O)OCC)N[C@@H](C(F)(F)F)[C@]2(O1)C(=O)N(C)c1c(F)cccc12. The number of esters is 2. The number of hydrogen-bond acceptors (Lipinski definition) is 7. The van der Waals surface area contributed by atoms with E-state index in [4.69, 9.17) is 14.2 Å². The first-order valence-corrected chi connectivity index (χ1v) is 8.93. The van der Waals surface area contributed by atoms with Crippen LogP contribution >= 0.6 is 0 Å². The molecule has 1 fully saturated rings. The number of alkyl halides is 3. The number of halogens is 4. The van der Waals surface area contributed by atoms with Gasteiger partial charge in [-0.05, 0) is 19.9 Å². The Balaban J connectivity index is 2.29. The Morgan fingerprint density at radius 3 is 2.27 bits per heavy atom. The Bertz CT molecular complexity index is 887. The molecule has 0 aliphatic carbocycles. The van der Waals surface area contributed by atoms with Gasteiger partial charge in [0, 0.05) is 12.6 Å². The van der Waals surface area contributed by atoms with Crippen LogP contribution in [-0.2, 0) is 34.2 Å². The van der Waals surface area contributed by atoms with E-state index in [2.05, 4.69) is 0 Å². The second-order valence-electron chi connectivity index (χ2n) is 6.58. The minimum Gasteiger partial charge on any atom is -0.462 e. The molecule has 2 aliphatic heterocycles. The van der Waals surface area contributed by atoms with Gasteiger partial charge in [0.25, 0.3) is 5.91 Å². The van der Waals surface area contributed by atoms with Crippen molar-refractivity contribution in [2.24, 2.45) is 0 Å². The standard InChI is InChI=1S/C18H18F4N2O6/c1-4-28-14(26)17(15(27)29-5-2)23-12(18(20,21)22)16(30-17)9-7-6-8-10(19)11(9)24(3)13(16)25/h6-8,12,23H,4-5H2,1-3H3/t12-,16+/m1/s1. The number of ether oxygens (including phenoxy) is 3. The van der Waals surface area contributed by atoms with Crippen molar-refractivity contribution in [1.82, 2.24) is 5.32 Å². The summed E-state index contributed by atoms with van der Waals surface area (Å²) in [6.07, 6.45) is -5.19. The minimum atomic E-state index is -5.19. The minimum absolute atomic E-state index is 0.298. The van der Waals surface area contributed by atoms with Gasteiger partial charge in [-0.15, -0.1) is 0 Å². The van der Waals surface area contributed by atoms with Crippen LogP contribution in [0.15, 0.2) is 18.2 Å². The normalized spacial score (nSPS) is 24.8. The second kappa shape index (κ2) is 7.20. The van der Waals surface area contributed by atoms with Gasteiger partial charge in [-0.1, -0.05) is 12.1 Å². The number of carbonyl (C=O) groups is 3. The van der Waals surface area contributed by atoms with Gasteiger partial charge in [0.05, 0.1) is 18.9 Å². The van der Waals surface area contributed by atoms with Crippen LogP contribution in [0.5, 0.6) is 0 Å². The molecule has 1 amide bonds. The van der Waals surface area contributed by atoms with E-state index < -0.39 is 58.5 Å². The summed E-state index contributed by atoms with van der Waals surface area (Å²) in [5.74, 6) is -5.33. The van der Waals surface area contributed by atoms with Gasteiger partial charge in [0.15, 0.2) is 0 Å². The maximum Gasteiger partial charge on any atom is 0.407 e. The lowest BCUT2D eigenvalue weighted by Crippen LogP contribution is -2.60. The van der Waals surface area contributed by atoms with Crippen molar-refractivity contribution in [3.8, 4) is 0 Å². The number of nitrogens with one attached hydrogen (secondary N) is 1. The summed E-state index contributed by atoms with van der Waals surface area (Å²) in [6, 6.07) is 0.230. The van der Waals surface area contributed by atoms with Crippen LogP contribution in [0.2, 0.25) is 0 Å². The lowest BCUT2D eigenvalue weighted by Gasteiger charge is -2.30. The molecular weight excluding hydrogens is 416 g/mol. The fourth-order valence-corrected chi connectivity index (χ4v) is 3.70. The zero-order valence-corrected chi connectivity index (χ0v) is 16.1.